The molecule has 0 saturated carbocycles. The van der Waals surface area contributed by atoms with Crippen LogP contribution in [0.1, 0.15) is 19.4 Å². The zero-order chi connectivity index (χ0) is 15.6. The predicted octanol–water partition coefficient (Wildman–Crippen LogP) is 0.0482. The van der Waals surface area contributed by atoms with Crippen molar-refractivity contribution in [2.24, 2.45) is 5.73 Å². The summed E-state index contributed by atoms with van der Waals surface area (Å²) in [5, 5.41) is 7.84. The highest BCUT2D eigenvalue weighted by Crippen LogP contribution is 2.14. The van der Waals surface area contributed by atoms with Crippen molar-refractivity contribution in [1.29, 1.82) is 0 Å². The molecule has 0 aliphatic carbocycles. The maximum Gasteiger partial charge on any atom is 0.219 e. The van der Waals surface area contributed by atoms with Crippen molar-refractivity contribution in [3.05, 3.63) is 23.8 Å². The van der Waals surface area contributed by atoms with Gasteiger partial charge in [0.2, 0.25) is 5.78 Å². The minimum Gasteiger partial charge on any atom is -0.321 e. The van der Waals surface area contributed by atoms with Gasteiger partial charge in [0.1, 0.15) is 17.8 Å². The molecular formula is C14H16N4O3. The number of aromatic nitrogens is 3. The molecule has 0 saturated heterocycles. The summed E-state index contributed by atoms with van der Waals surface area (Å²) in [6.07, 6.45) is 0.421. The van der Waals surface area contributed by atoms with E-state index < -0.39 is 17.6 Å². The van der Waals surface area contributed by atoms with Crippen LogP contribution in [0.5, 0.6) is 0 Å². The molecule has 0 aliphatic rings. The molecule has 0 amide bonds. The average molecular weight is 288 g/mol. The molecule has 2 N–H and O–H groups in total. The zero-order valence-electron chi connectivity index (χ0n) is 11.9. The summed E-state index contributed by atoms with van der Waals surface area (Å²) in [6, 6.07) is 4.80. The van der Waals surface area contributed by atoms with Crippen molar-refractivity contribution < 1.29 is 14.4 Å². The third-order valence-electron chi connectivity index (χ3n) is 3.24. The van der Waals surface area contributed by atoms with Crippen molar-refractivity contribution in [2.45, 2.75) is 32.9 Å². The molecule has 0 bridgehead atoms. The molecule has 1 atom stereocenters. The lowest BCUT2D eigenvalue weighted by Crippen LogP contribution is -2.30. The number of hydrogen-bond acceptors (Lipinski definition) is 6. The topological polar surface area (TPSA) is 108 Å². The Balaban J connectivity index is 2.24. The van der Waals surface area contributed by atoms with Crippen LogP contribution < -0.4 is 5.73 Å². The van der Waals surface area contributed by atoms with Gasteiger partial charge in [-0.05, 0) is 31.0 Å². The Morgan fingerprint density at radius 1 is 1.29 bits per heavy atom. The lowest BCUT2D eigenvalue weighted by atomic mass is 10.0. The number of rotatable bonds is 6. The molecule has 1 heterocycles. The third kappa shape index (κ3) is 3.38. The minimum absolute atomic E-state index is 0.0780. The fourth-order valence-electron chi connectivity index (χ4n) is 1.91. The molecule has 7 heteroatoms. The van der Waals surface area contributed by atoms with Crippen LogP contribution in [0.2, 0.25) is 0 Å². The van der Waals surface area contributed by atoms with Gasteiger partial charge >= 0.3 is 0 Å². The molecule has 7 nitrogen and oxygen atoms in total. The molecule has 0 fully saturated rings. The largest absolute Gasteiger partial charge is 0.321 e. The monoisotopic (exact) mass is 288 g/mol. The number of Topliss-reactive ketones (excluding diaryl/α,β-unsaturated/α-hetero) is 3. The molecule has 110 valence electrons. The zero-order valence-corrected chi connectivity index (χ0v) is 11.9. The predicted molar refractivity (Wildman–Crippen MR) is 75.6 cm³/mol. The minimum atomic E-state index is -0.545. The lowest BCUT2D eigenvalue weighted by Gasteiger charge is -2.07. The number of carbonyl (C=O) groups is 3. The molecular weight excluding hydrogens is 272 g/mol. The van der Waals surface area contributed by atoms with E-state index in [9.17, 15) is 14.4 Å². The summed E-state index contributed by atoms with van der Waals surface area (Å²) in [6.45, 7) is 2.55. The molecule has 0 aliphatic heterocycles. The van der Waals surface area contributed by atoms with Gasteiger partial charge in [-0.1, -0.05) is 11.3 Å². The van der Waals surface area contributed by atoms with E-state index in [-0.39, 0.29) is 12.3 Å². The Morgan fingerprint density at radius 3 is 2.62 bits per heavy atom. The molecule has 1 unspecified atom stereocenters. The average Bonchev–Trinajstić information content (AvgIpc) is 2.81. The first kappa shape index (κ1) is 15.0. The van der Waals surface area contributed by atoms with Gasteiger partial charge in [-0.3, -0.25) is 14.4 Å². The van der Waals surface area contributed by atoms with Crippen molar-refractivity contribution in [3.8, 4) is 0 Å². The van der Waals surface area contributed by atoms with E-state index in [4.69, 9.17) is 5.73 Å². The fourth-order valence-corrected chi connectivity index (χ4v) is 1.91. The highest BCUT2D eigenvalue weighted by Gasteiger charge is 2.14. The summed E-state index contributed by atoms with van der Waals surface area (Å²) >= 11 is 0. The smallest absolute Gasteiger partial charge is 0.219 e. The summed E-state index contributed by atoms with van der Waals surface area (Å²) in [4.78, 5) is 33.6. The van der Waals surface area contributed by atoms with Crippen LogP contribution in [0, 0.1) is 0 Å². The standard InChI is InChI=1S/C14H16N4O3/c1-8(19)11(15)5-10-3-4-13-12(6-10)16-17-18(13)7-14(21)9(2)20/h3-4,6,11H,5,7,15H2,1-2H3. The van der Waals surface area contributed by atoms with Crippen LogP contribution in [0.25, 0.3) is 11.0 Å². The van der Waals surface area contributed by atoms with Gasteiger partial charge in [0.15, 0.2) is 5.78 Å². The van der Waals surface area contributed by atoms with E-state index in [1.807, 2.05) is 6.07 Å². The number of nitrogens with zero attached hydrogens (tertiary/aromatic N) is 3. The summed E-state index contributed by atoms with van der Waals surface area (Å²) < 4.78 is 1.38. The molecule has 2 rings (SSSR count). The van der Waals surface area contributed by atoms with Gasteiger partial charge in [-0.25, -0.2) is 4.68 Å². The van der Waals surface area contributed by atoms with Crippen LogP contribution >= 0.6 is 0 Å². The summed E-state index contributed by atoms with van der Waals surface area (Å²) in [5.74, 6) is -1.11. The maximum atomic E-state index is 11.4. The first-order valence-electron chi connectivity index (χ1n) is 6.50. The quantitative estimate of drug-likeness (QED) is 0.752. The number of carbonyl (C=O) groups excluding carboxylic acids is 3. The Kier molecular flexibility index (Phi) is 4.23. The van der Waals surface area contributed by atoms with E-state index in [0.717, 1.165) is 5.56 Å². The normalized spacial score (nSPS) is 12.3. The van der Waals surface area contributed by atoms with Crippen molar-refractivity contribution in [3.63, 3.8) is 0 Å². The van der Waals surface area contributed by atoms with E-state index in [1.54, 1.807) is 12.1 Å². The number of benzene rings is 1. The van der Waals surface area contributed by atoms with Gasteiger partial charge in [-0.15, -0.1) is 5.10 Å². The summed E-state index contributed by atoms with van der Waals surface area (Å²) in [7, 11) is 0. The van der Waals surface area contributed by atoms with Gasteiger partial charge in [0, 0.05) is 6.92 Å². The molecule has 1 aromatic carbocycles. The van der Waals surface area contributed by atoms with Crippen LogP contribution in [0.3, 0.4) is 0 Å². The van der Waals surface area contributed by atoms with Crippen molar-refractivity contribution in [2.75, 3.05) is 0 Å². The molecule has 21 heavy (non-hydrogen) atoms. The number of nitrogens with two attached hydrogens (primary N) is 1. The van der Waals surface area contributed by atoms with E-state index in [0.29, 0.717) is 17.5 Å². The first-order chi connectivity index (χ1) is 9.88. The molecule has 2 aromatic rings. The van der Waals surface area contributed by atoms with Crippen molar-refractivity contribution >= 4 is 28.4 Å². The van der Waals surface area contributed by atoms with Crippen molar-refractivity contribution in [1.82, 2.24) is 15.0 Å². The highest BCUT2D eigenvalue weighted by atomic mass is 16.2. The number of ketones is 3. The van der Waals surface area contributed by atoms with Crippen LogP contribution in [0.4, 0.5) is 0 Å². The summed E-state index contributed by atoms with van der Waals surface area (Å²) in [5.41, 5.74) is 7.85. The van der Waals surface area contributed by atoms with Crippen LogP contribution in [-0.2, 0) is 27.3 Å². The Bertz CT molecular complexity index is 720. The van der Waals surface area contributed by atoms with Gasteiger partial charge < -0.3 is 5.73 Å². The molecule has 1 aromatic heterocycles. The molecule has 0 radical (unpaired) electrons. The van der Waals surface area contributed by atoms with E-state index >= 15 is 0 Å². The van der Waals surface area contributed by atoms with E-state index in [2.05, 4.69) is 10.3 Å². The number of hydrogen-bond donors (Lipinski definition) is 1. The van der Waals surface area contributed by atoms with Crippen LogP contribution in [0.15, 0.2) is 18.2 Å². The highest BCUT2D eigenvalue weighted by molar-refractivity contribution is 6.36. The fraction of sp³-hybridized carbons (Fsp3) is 0.357. The Labute approximate surface area is 121 Å². The Hall–Kier alpha value is -2.41. The first-order valence-corrected chi connectivity index (χ1v) is 6.50. The second-order valence-corrected chi connectivity index (χ2v) is 4.97. The maximum absolute atomic E-state index is 11.4. The number of fused-ring (bicyclic) bond motifs is 1. The molecule has 0 spiro atoms. The van der Waals surface area contributed by atoms with Crippen LogP contribution in [-0.4, -0.2) is 38.4 Å². The Morgan fingerprint density at radius 2 is 2.00 bits per heavy atom. The lowest BCUT2D eigenvalue weighted by molar-refractivity contribution is -0.135. The third-order valence-corrected chi connectivity index (χ3v) is 3.24. The second kappa shape index (κ2) is 5.92. The van der Waals surface area contributed by atoms with E-state index in [1.165, 1.54) is 18.5 Å². The SMILES string of the molecule is CC(=O)C(=O)Cn1nnc2cc(CC(N)C(C)=O)ccc21. The van der Waals surface area contributed by atoms with Gasteiger partial charge in [0.05, 0.1) is 11.6 Å². The van der Waals surface area contributed by atoms with Gasteiger partial charge in [0.25, 0.3) is 0 Å². The second-order valence-electron chi connectivity index (χ2n) is 4.97. The van der Waals surface area contributed by atoms with Gasteiger partial charge in [-0.2, -0.15) is 0 Å².